The molecule has 2 aliphatic carbocycles. The van der Waals surface area contributed by atoms with Gasteiger partial charge in [-0.1, -0.05) is 25.5 Å². The van der Waals surface area contributed by atoms with E-state index in [4.69, 9.17) is 15.5 Å². The van der Waals surface area contributed by atoms with Crippen LogP contribution in [0.5, 0.6) is 0 Å². The van der Waals surface area contributed by atoms with E-state index in [-0.39, 0.29) is 24.0 Å². The Labute approximate surface area is 155 Å². The van der Waals surface area contributed by atoms with Crippen molar-refractivity contribution < 1.29 is 4.74 Å². The Hall–Kier alpha value is -0.820. The van der Waals surface area contributed by atoms with Crippen molar-refractivity contribution in [3.05, 3.63) is 29.8 Å². The molecule has 126 valence electrons. The van der Waals surface area contributed by atoms with Crippen molar-refractivity contribution in [3.8, 4) is 0 Å². The van der Waals surface area contributed by atoms with Gasteiger partial charge in [0.2, 0.25) is 0 Å². The number of nitrogens with two attached hydrogens (primary N) is 1. The van der Waals surface area contributed by atoms with Crippen molar-refractivity contribution >= 4 is 35.6 Å². The number of aliphatic imine (C=N–C) groups is 1. The van der Waals surface area contributed by atoms with Crippen molar-refractivity contribution in [3.63, 3.8) is 0 Å². The quantitative estimate of drug-likeness (QED) is 0.441. The summed E-state index contributed by atoms with van der Waals surface area (Å²) in [5, 5.41) is 3.27. The predicted molar refractivity (Wildman–Crippen MR) is 104 cm³/mol. The zero-order valence-electron chi connectivity index (χ0n) is 13.6. The van der Waals surface area contributed by atoms with Crippen molar-refractivity contribution in [2.75, 3.05) is 11.9 Å². The molecule has 0 amide bonds. The number of fused-ring (bicyclic) bond motifs is 2. The zero-order chi connectivity index (χ0) is 15.2. The molecule has 1 aliphatic heterocycles. The van der Waals surface area contributed by atoms with Crippen LogP contribution in [0.25, 0.3) is 0 Å². The third-order valence-electron chi connectivity index (χ3n) is 5.87. The first kappa shape index (κ1) is 17.0. The van der Waals surface area contributed by atoms with Gasteiger partial charge in [0, 0.05) is 23.6 Å². The molecule has 1 heterocycles. The summed E-state index contributed by atoms with van der Waals surface area (Å²) in [6, 6.07) is 8.74. The smallest absolute Gasteiger partial charge is 0.193 e. The minimum atomic E-state index is 0. The number of hydrogen-bond acceptors (Lipinski definition) is 2. The van der Waals surface area contributed by atoms with Crippen LogP contribution in [0.4, 0.5) is 5.69 Å². The fraction of sp³-hybridized carbons (Fsp3) is 0.611. The topological polar surface area (TPSA) is 59.6 Å². The van der Waals surface area contributed by atoms with Crippen molar-refractivity contribution in [1.29, 1.82) is 0 Å². The van der Waals surface area contributed by atoms with Crippen molar-refractivity contribution in [2.24, 2.45) is 22.1 Å². The van der Waals surface area contributed by atoms with Crippen LogP contribution in [0.15, 0.2) is 29.3 Å². The van der Waals surface area contributed by atoms with Gasteiger partial charge in [0.05, 0.1) is 12.1 Å². The summed E-state index contributed by atoms with van der Waals surface area (Å²) in [5.74, 6) is 1.14. The van der Waals surface area contributed by atoms with Gasteiger partial charge in [-0.25, -0.2) is 4.99 Å². The van der Waals surface area contributed by atoms with Gasteiger partial charge >= 0.3 is 0 Å². The van der Waals surface area contributed by atoms with Crippen molar-refractivity contribution in [2.45, 2.75) is 51.2 Å². The summed E-state index contributed by atoms with van der Waals surface area (Å²) >= 11 is 0. The SMILES string of the molecule is CCc1cccc(NC(N)=NC2C3CCOC3C23CCC3)c1.I. The Kier molecular flexibility index (Phi) is 4.88. The summed E-state index contributed by atoms with van der Waals surface area (Å²) in [5.41, 5.74) is 8.83. The highest BCUT2D eigenvalue weighted by molar-refractivity contribution is 14.0. The Balaban J connectivity index is 0.00000156. The van der Waals surface area contributed by atoms with E-state index >= 15 is 0 Å². The number of guanidine groups is 1. The Morgan fingerprint density at radius 3 is 2.96 bits per heavy atom. The summed E-state index contributed by atoms with van der Waals surface area (Å²) in [6.45, 7) is 3.06. The van der Waals surface area contributed by atoms with Crippen LogP contribution in [0.3, 0.4) is 0 Å². The molecule has 2 saturated carbocycles. The van der Waals surface area contributed by atoms with Gasteiger partial charge in [0.1, 0.15) is 0 Å². The molecule has 1 spiro atoms. The second-order valence-corrected chi connectivity index (χ2v) is 6.97. The number of nitrogens with zero attached hydrogens (tertiary/aromatic N) is 1. The van der Waals surface area contributed by atoms with Gasteiger partial charge in [-0.3, -0.25) is 0 Å². The summed E-state index contributed by atoms with van der Waals surface area (Å²) in [4.78, 5) is 4.85. The number of aryl methyl sites for hydroxylation is 1. The molecule has 0 radical (unpaired) electrons. The lowest BCUT2D eigenvalue weighted by atomic mass is 9.46. The molecule has 1 aromatic carbocycles. The largest absolute Gasteiger partial charge is 0.377 e. The average Bonchev–Trinajstić information content (AvgIpc) is 2.89. The molecule has 3 N–H and O–H groups in total. The maximum Gasteiger partial charge on any atom is 0.193 e. The summed E-state index contributed by atoms with van der Waals surface area (Å²) < 4.78 is 5.94. The molecule has 3 aliphatic rings. The molecular formula is C18H26IN3O. The Morgan fingerprint density at radius 2 is 2.26 bits per heavy atom. The second-order valence-electron chi connectivity index (χ2n) is 6.97. The molecular weight excluding hydrogens is 401 g/mol. The first-order valence-corrected chi connectivity index (χ1v) is 8.54. The van der Waals surface area contributed by atoms with Crippen LogP contribution in [-0.4, -0.2) is 24.7 Å². The van der Waals surface area contributed by atoms with E-state index in [0.717, 1.165) is 25.1 Å². The summed E-state index contributed by atoms with van der Waals surface area (Å²) in [6.07, 6.45) is 6.43. The van der Waals surface area contributed by atoms with Gasteiger partial charge < -0.3 is 15.8 Å². The van der Waals surface area contributed by atoms with E-state index in [9.17, 15) is 0 Å². The minimum Gasteiger partial charge on any atom is -0.377 e. The number of nitrogens with one attached hydrogen (secondary N) is 1. The van der Waals surface area contributed by atoms with Crippen molar-refractivity contribution in [1.82, 2.24) is 0 Å². The molecule has 4 rings (SSSR count). The number of rotatable bonds is 3. The monoisotopic (exact) mass is 427 g/mol. The van der Waals surface area contributed by atoms with Gasteiger partial charge in [0.25, 0.3) is 0 Å². The fourth-order valence-electron chi connectivity index (χ4n) is 4.59. The Morgan fingerprint density at radius 1 is 1.43 bits per heavy atom. The molecule has 3 atom stereocenters. The van der Waals surface area contributed by atoms with Crippen LogP contribution in [0.2, 0.25) is 0 Å². The number of anilines is 1. The zero-order valence-corrected chi connectivity index (χ0v) is 16.0. The van der Waals surface area contributed by atoms with Gasteiger partial charge in [-0.15, -0.1) is 24.0 Å². The lowest BCUT2D eigenvalue weighted by Gasteiger charge is -2.61. The van der Waals surface area contributed by atoms with Gasteiger partial charge in [-0.2, -0.15) is 0 Å². The van der Waals surface area contributed by atoms with E-state index in [0.29, 0.717) is 29.4 Å². The number of ether oxygens (including phenoxy) is 1. The number of benzene rings is 1. The second kappa shape index (κ2) is 6.59. The highest BCUT2D eigenvalue weighted by Crippen LogP contribution is 2.64. The van der Waals surface area contributed by atoms with Gasteiger partial charge in [0.15, 0.2) is 5.96 Å². The van der Waals surface area contributed by atoms with Gasteiger partial charge in [-0.05, 0) is 43.4 Å². The molecule has 3 unspecified atom stereocenters. The van der Waals surface area contributed by atoms with E-state index in [1.807, 2.05) is 6.07 Å². The molecule has 0 aromatic heterocycles. The summed E-state index contributed by atoms with van der Waals surface area (Å²) in [7, 11) is 0. The third kappa shape index (κ3) is 2.76. The Bertz CT molecular complexity index is 600. The third-order valence-corrected chi connectivity index (χ3v) is 5.87. The van der Waals surface area contributed by atoms with E-state index < -0.39 is 0 Å². The van der Waals surface area contributed by atoms with Crippen LogP contribution in [-0.2, 0) is 11.2 Å². The molecule has 4 nitrogen and oxygen atoms in total. The van der Waals surface area contributed by atoms with E-state index in [1.165, 1.54) is 24.8 Å². The van der Waals surface area contributed by atoms with E-state index in [1.54, 1.807) is 0 Å². The molecule has 1 saturated heterocycles. The maximum atomic E-state index is 6.19. The van der Waals surface area contributed by atoms with Crippen LogP contribution < -0.4 is 11.1 Å². The van der Waals surface area contributed by atoms with Crippen LogP contribution in [0, 0.1) is 11.3 Å². The average molecular weight is 427 g/mol. The number of halogens is 1. The van der Waals surface area contributed by atoms with E-state index in [2.05, 4.69) is 30.4 Å². The highest BCUT2D eigenvalue weighted by atomic mass is 127. The normalized spacial score (nSPS) is 30.8. The fourth-order valence-corrected chi connectivity index (χ4v) is 4.59. The minimum absolute atomic E-state index is 0. The lowest BCUT2D eigenvalue weighted by molar-refractivity contribution is -0.164. The molecule has 1 aromatic rings. The predicted octanol–water partition coefficient (Wildman–Crippen LogP) is 3.55. The van der Waals surface area contributed by atoms with Crippen LogP contribution in [0.1, 0.15) is 38.2 Å². The molecule has 23 heavy (non-hydrogen) atoms. The lowest BCUT2D eigenvalue weighted by Crippen LogP contribution is -2.65. The van der Waals surface area contributed by atoms with Crippen LogP contribution >= 0.6 is 24.0 Å². The highest BCUT2D eigenvalue weighted by Gasteiger charge is 2.66. The molecule has 3 fully saturated rings. The standard InChI is InChI=1S/C18H25N3O.HI/c1-2-12-5-3-6-13(11-12)20-17(19)21-15-14-7-10-22-16(14)18(15)8-4-9-18;/h3,5-6,11,14-16H,2,4,7-10H2,1H3,(H3,19,20,21);1H. The first-order chi connectivity index (χ1) is 10.7. The molecule has 0 bridgehead atoms. The number of hydrogen-bond donors (Lipinski definition) is 2. The first-order valence-electron chi connectivity index (χ1n) is 8.54. The molecule has 5 heteroatoms. The maximum absolute atomic E-state index is 6.19.